The molecule has 0 N–H and O–H groups in total. The lowest BCUT2D eigenvalue weighted by molar-refractivity contribution is -0.243. The summed E-state index contributed by atoms with van der Waals surface area (Å²) in [6, 6.07) is 1.12. The summed E-state index contributed by atoms with van der Waals surface area (Å²) in [5.41, 5.74) is -2.91. The normalized spacial score (nSPS) is 22.0. The van der Waals surface area contributed by atoms with Crippen LogP contribution < -0.4 is 4.74 Å². The third-order valence-corrected chi connectivity index (χ3v) is 4.57. The van der Waals surface area contributed by atoms with Gasteiger partial charge in [0.25, 0.3) is 0 Å². The van der Waals surface area contributed by atoms with Crippen LogP contribution in [0.25, 0.3) is 0 Å². The van der Waals surface area contributed by atoms with Crippen LogP contribution in [-0.2, 0) is 15.6 Å². The van der Waals surface area contributed by atoms with Gasteiger partial charge in [-0.2, -0.15) is 26.3 Å². The summed E-state index contributed by atoms with van der Waals surface area (Å²) in [4.78, 5) is 12.0. The van der Waals surface area contributed by atoms with Gasteiger partial charge in [-0.15, -0.1) is 0 Å². The molecule has 156 valence electrons. The van der Waals surface area contributed by atoms with Crippen molar-refractivity contribution in [2.45, 2.75) is 26.1 Å². The highest BCUT2D eigenvalue weighted by molar-refractivity contribution is 5.78. The minimum atomic E-state index is -5.29. The van der Waals surface area contributed by atoms with E-state index in [4.69, 9.17) is 0 Å². The van der Waals surface area contributed by atoms with Crippen LogP contribution in [0.2, 0.25) is 0 Å². The van der Waals surface area contributed by atoms with Gasteiger partial charge in [0.2, 0.25) is 5.82 Å². The molecule has 28 heavy (non-hydrogen) atoms. The van der Waals surface area contributed by atoms with Crippen LogP contribution >= 0.6 is 0 Å². The lowest BCUT2D eigenvalue weighted by Gasteiger charge is -2.18. The van der Waals surface area contributed by atoms with E-state index in [1.54, 1.807) is 0 Å². The molecule has 1 saturated carbocycles. The Bertz CT molecular complexity index is 813. The van der Waals surface area contributed by atoms with Gasteiger partial charge in [-0.3, -0.25) is 4.79 Å². The standard InChI is InChI=1S/C17H14F8O3/c1-15(2)8(6-10(18)16(21,22)23)11(15)14(26)28-17(24,25)7-4-5-9(27-3)13(20)12(7)19/h4-6,8,11H,1-3H3. The fourth-order valence-electron chi connectivity index (χ4n) is 2.85. The molecular weight excluding hydrogens is 404 g/mol. The maximum Gasteiger partial charge on any atom is 0.442 e. The molecule has 0 amide bonds. The number of methoxy groups -OCH3 is 1. The van der Waals surface area contributed by atoms with E-state index in [1.165, 1.54) is 13.8 Å². The number of carbonyl (C=O) groups is 1. The van der Waals surface area contributed by atoms with Crippen LogP contribution in [0.15, 0.2) is 24.0 Å². The minimum Gasteiger partial charge on any atom is -0.494 e. The number of ether oxygens (including phenoxy) is 2. The molecule has 0 bridgehead atoms. The zero-order valence-electron chi connectivity index (χ0n) is 14.6. The fraction of sp³-hybridized carbons (Fsp3) is 0.471. The number of allylic oxidation sites excluding steroid dienone is 2. The SMILES string of the molecule is COc1ccc(C(F)(F)OC(=O)C2C(C=C(F)C(F)(F)F)C2(C)C)c(F)c1F. The van der Waals surface area contributed by atoms with Crippen molar-refractivity contribution in [2.75, 3.05) is 7.11 Å². The van der Waals surface area contributed by atoms with E-state index in [1.807, 2.05) is 0 Å². The summed E-state index contributed by atoms with van der Waals surface area (Å²) in [5, 5.41) is 0. The van der Waals surface area contributed by atoms with E-state index in [9.17, 15) is 39.9 Å². The van der Waals surface area contributed by atoms with E-state index in [0.29, 0.717) is 12.1 Å². The van der Waals surface area contributed by atoms with Crippen molar-refractivity contribution in [3.63, 3.8) is 0 Å². The first-order valence-electron chi connectivity index (χ1n) is 7.72. The second-order valence-electron chi connectivity index (χ2n) is 6.72. The Kier molecular flexibility index (Phi) is 5.43. The molecule has 2 rings (SSSR count). The van der Waals surface area contributed by atoms with Crippen LogP contribution in [0.5, 0.6) is 5.75 Å². The number of benzene rings is 1. The lowest BCUT2D eigenvalue weighted by Crippen LogP contribution is -2.26. The average molecular weight is 418 g/mol. The second-order valence-corrected chi connectivity index (χ2v) is 6.72. The quantitative estimate of drug-likeness (QED) is 0.484. The van der Waals surface area contributed by atoms with Crippen LogP contribution in [0.4, 0.5) is 35.1 Å². The Morgan fingerprint density at radius 2 is 1.68 bits per heavy atom. The monoisotopic (exact) mass is 418 g/mol. The van der Waals surface area contributed by atoms with Gasteiger partial charge in [0.1, 0.15) is 5.56 Å². The van der Waals surface area contributed by atoms with Crippen LogP contribution in [0.3, 0.4) is 0 Å². The smallest absolute Gasteiger partial charge is 0.442 e. The fourth-order valence-corrected chi connectivity index (χ4v) is 2.85. The number of halogens is 8. The largest absolute Gasteiger partial charge is 0.494 e. The molecule has 0 aliphatic heterocycles. The van der Waals surface area contributed by atoms with Crippen molar-refractivity contribution in [3.05, 3.63) is 41.2 Å². The zero-order chi connectivity index (χ0) is 21.7. The topological polar surface area (TPSA) is 35.5 Å². The molecule has 3 nitrogen and oxygen atoms in total. The van der Waals surface area contributed by atoms with Gasteiger partial charge < -0.3 is 9.47 Å². The molecule has 1 aliphatic rings. The van der Waals surface area contributed by atoms with Crippen molar-refractivity contribution in [3.8, 4) is 5.75 Å². The number of rotatable bonds is 5. The maximum atomic E-state index is 14.1. The predicted octanol–water partition coefficient (Wildman–Crippen LogP) is 5.25. The predicted molar refractivity (Wildman–Crippen MR) is 78.9 cm³/mol. The number of esters is 1. The highest BCUT2D eigenvalue weighted by Gasteiger charge is 2.63. The Hall–Kier alpha value is -2.33. The number of carbonyl (C=O) groups excluding carboxylic acids is 1. The second kappa shape index (κ2) is 6.93. The summed E-state index contributed by atoms with van der Waals surface area (Å²) in [6.45, 7) is 2.49. The molecule has 2 unspecified atom stereocenters. The summed E-state index contributed by atoms with van der Waals surface area (Å²) < 4.78 is 114. The van der Waals surface area contributed by atoms with E-state index in [0.717, 1.165) is 7.11 Å². The molecule has 0 saturated heterocycles. The van der Waals surface area contributed by atoms with E-state index < -0.39 is 64.3 Å². The third kappa shape index (κ3) is 3.93. The van der Waals surface area contributed by atoms with Gasteiger partial charge in [-0.25, -0.2) is 8.78 Å². The summed E-state index contributed by atoms with van der Waals surface area (Å²) >= 11 is 0. The summed E-state index contributed by atoms with van der Waals surface area (Å²) in [7, 11) is 0.971. The molecule has 0 spiro atoms. The lowest BCUT2D eigenvalue weighted by atomic mass is 10.1. The Morgan fingerprint density at radius 3 is 2.18 bits per heavy atom. The van der Waals surface area contributed by atoms with Gasteiger partial charge in [-0.1, -0.05) is 13.8 Å². The molecule has 1 aromatic rings. The Balaban J connectivity index is 2.24. The maximum absolute atomic E-state index is 14.1. The molecule has 1 aromatic carbocycles. The highest BCUT2D eigenvalue weighted by Crippen LogP contribution is 2.61. The molecular formula is C17H14F8O3. The van der Waals surface area contributed by atoms with Crippen molar-refractivity contribution in [1.82, 2.24) is 0 Å². The van der Waals surface area contributed by atoms with Crippen LogP contribution in [0, 0.1) is 28.9 Å². The third-order valence-electron chi connectivity index (χ3n) is 4.57. The molecule has 1 aliphatic carbocycles. The van der Waals surface area contributed by atoms with Gasteiger partial charge in [0, 0.05) is 0 Å². The molecule has 1 fully saturated rings. The molecule has 0 radical (unpaired) electrons. The van der Waals surface area contributed by atoms with E-state index >= 15 is 0 Å². The molecule has 0 aromatic heterocycles. The van der Waals surface area contributed by atoms with Gasteiger partial charge in [0.15, 0.2) is 17.4 Å². The summed E-state index contributed by atoms with van der Waals surface area (Å²) in [6.07, 6.45) is -9.80. The van der Waals surface area contributed by atoms with Crippen LogP contribution in [-0.4, -0.2) is 19.3 Å². The van der Waals surface area contributed by atoms with Crippen molar-refractivity contribution < 1.29 is 49.4 Å². The number of alkyl halides is 5. The first-order valence-corrected chi connectivity index (χ1v) is 7.72. The Labute approximate surface area is 153 Å². The molecule has 0 heterocycles. The van der Waals surface area contributed by atoms with E-state index in [2.05, 4.69) is 9.47 Å². The first kappa shape index (κ1) is 22.0. The van der Waals surface area contributed by atoms with Crippen LogP contribution in [0.1, 0.15) is 19.4 Å². The Morgan fingerprint density at radius 1 is 1.11 bits per heavy atom. The average Bonchev–Trinajstić information content (AvgIpc) is 3.09. The van der Waals surface area contributed by atoms with Gasteiger partial charge in [0.05, 0.1) is 13.0 Å². The molecule has 11 heteroatoms. The minimum absolute atomic E-state index is 0.109. The number of hydrogen-bond acceptors (Lipinski definition) is 3. The zero-order valence-corrected chi connectivity index (χ0v) is 14.6. The van der Waals surface area contributed by atoms with E-state index in [-0.39, 0.29) is 6.08 Å². The first-order chi connectivity index (χ1) is 12.6. The highest BCUT2D eigenvalue weighted by atomic mass is 19.4. The van der Waals surface area contributed by atoms with Crippen molar-refractivity contribution >= 4 is 5.97 Å². The summed E-state index contributed by atoms with van der Waals surface area (Å²) in [5.74, 6) is -11.5. The van der Waals surface area contributed by atoms with Gasteiger partial charge in [-0.05, 0) is 29.5 Å². The van der Waals surface area contributed by atoms with Gasteiger partial charge >= 0.3 is 18.3 Å². The molecule has 2 atom stereocenters. The van der Waals surface area contributed by atoms with Crippen molar-refractivity contribution in [2.24, 2.45) is 17.3 Å². The van der Waals surface area contributed by atoms with Crippen molar-refractivity contribution in [1.29, 1.82) is 0 Å². The number of hydrogen-bond donors (Lipinski definition) is 0.